The average Bonchev–Trinajstić information content (AvgIpc) is 2.97. The van der Waals surface area contributed by atoms with Gasteiger partial charge in [-0.3, -0.25) is 4.79 Å². The molecule has 2 N–H and O–H groups in total. The molecule has 2 heterocycles. The molecule has 2 amide bonds. The zero-order valence-corrected chi connectivity index (χ0v) is 12.4. The van der Waals surface area contributed by atoms with Gasteiger partial charge < -0.3 is 24.7 Å². The number of urea groups is 1. The molecule has 0 spiro atoms. The summed E-state index contributed by atoms with van der Waals surface area (Å²) < 4.78 is 5.26. The van der Waals surface area contributed by atoms with Gasteiger partial charge in [0.2, 0.25) is 0 Å². The van der Waals surface area contributed by atoms with Gasteiger partial charge in [0.05, 0.1) is 19.3 Å². The van der Waals surface area contributed by atoms with E-state index in [2.05, 4.69) is 0 Å². The third-order valence-corrected chi connectivity index (χ3v) is 4.40. The van der Waals surface area contributed by atoms with Crippen molar-refractivity contribution in [1.29, 1.82) is 0 Å². The molecule has 3 unspecified atom stereocenters. The summed E-state index contributed by atoms with van der Waals surface area (Å²) in [6.07, 6.45) is 1.80. The number of nitrogens with zero attached hydrogens (tertiary/aromatic N) is 2. The summed E-state index contributed by atoms with van der Waals surface area (Å²) in [6.45, 7) is 4.02. The fraction of sp³-hybridized carbons (Fsp3) is 0.857. The number of piperidine rings is 1. The summed E-state index contributed by atoms with van der Waals surface area (Å²) in [5, 5.41) is 18.5. The van der Waals surface area contributed by atoms with Gasteiger partial charge in [-0.15, -0.1) is 0 Å². The van der Waals surface area contributed by atoms with Crippen LogP contribution in [0.15, 0.2) is 0 Å². The molecule has 0 bridgehead atoms. The fourth-order valence-electron chi connectivity index (χ4n) is 3.17. The smallest absolute Gasteiger partial charge is 0.320 e. The number of carboxylic acids is 1. The van der Waals surface area contributed by atoms with E-state index in [4.69, 9.17) is 4.74 Å². The summed E-state index contributed by atoms with van der Waals surface area (Å²) >= 11 is 0. The van der Waals surface area contributed by atoms with Crippen LogP contribution in [0.1, 0.15) is 19.8 Å². The molecule has 2 aliphatic heterocycles. The van der Waals surface area contributed by atoms with E-state index in [0.717, 1.165) is 12.8 Å². The number of aliphatic hydroxyl groups is 1. The number of rotatable bonds is 4. The summed E-state index contributed by atoms with van der Waals surface area (Å²) in [7, 11) is 0. The van der Waals surface area contributed by atoms with Crippen molar-refractivity contribution in [2.45, 2.75) is 25.8 Å². The Morgan fingerprint density at radius 1 is 1.38 bits per heavy atom. The summed E-state index contributed by atoms with van der Waals surface area (Å²) in [6, 6.07) is -0.549. The maximum atomic E-state index is 12.7. The van der Waals surface area contributed by atoms with Gasteiger partial charge in [0.25, 0.3) is 0 Å². The maximum absolute atomic E-state index is 12.7. The number of likely N-dealkylation sites (tertiary alicyclic amines) is 1. The minimum absolute atomic E-state index is 0.0835. The Hall–Kier alpha value is -1.34. The van der Waals surface area contributed by atoms with Crippen LogP contribution >= 0.6 is 0 Å². The van der Waals surface area contributed by atoms with Crippen LogP contribution < -0.4 is 0 Å². The lowest BCUT2D eigenvalue weighted by atomic mass is 9.99. The predicted octanol–water partition coefficient (Wildman–Crippen LogP) is 0.232. The molecule has 3 atom stereocenters. The molecule has 2 fully saturated rings. The van der Waals surface area contributed by atoms with Crippen LogP contribution in [-0.2, 0) is 9.53 Å². The molecule has 7 nitrogen and oxygen atoms in total. The Kier molecular flexibility index (Phi) is 5.41. The maximum Gasteiger partial charge on any atom is 0.320 e. The number of carbonyl (C=O) groups is 2. The van der Waals surface area contributed by atoms with Crippen LogP contribution in [0.25, 0.3) is 0 Å². The van der Waals surface area contributed by atoms with Crippen LogP contribution in [0.2, 0.25) is 0 Å². The number of ether oxygens (including phenoxy) is 1. The van der Waals surface area contributed by atoms with Crippen LogP contribution in [0.5, 0.6) is 0 Å². The lowest BCUT2D eigenvalue weighted by molar-refractivity contribution is -0.142. The highest BCUT2D eigenvalue weighted by Gasteiger charge is 2.41. The predicted molar refractivity (Wildman–Crippen MR) is 74.9 cm³/mol. The van der Waals surface area contributed by atoms with Gasteiger partial charge in [0, 0.05) is 26.2 Å². The Morgan fingerprint density at radius 3 is 2.76 bits per heavy atom. The highest BCUT2D eigenvalue weighted by atomic mass is 16.5. The first-order chi connectivity index (χ1) is 10.1. The van der Waals surface area contributed by atoms with E-state index >= 15 is 0 Å². The van der Waals surface area contributed by atoms with E-state index in [0.29, 0.717) is 19.6 Å². The largest absolute Gasteiger partial charge is 0.481 e. The van der Waals surface area contributed by atoms with E-state index in [1.165, 1.54) is 0 Å². The van der Waals surface area contributed by atoms with Gasteiger partial charge in [-0.25, -0.2) is 4.79 Å². The van der Waals surface area contributed by atoms with Crippen LogP contribution in [0.3, 0.4) is 0 Å². The Labute approximate surface area is 124 Å². The number of aliphatic carboxylic acids is 1. The van der Waals surface area contributed by atoms with Gasteiger partial charge in [-0.1, -0.05) is 0 Å². The van der Waals surface area contributed by atoms with Crippen LogP contribution in [-0.4, -0.2) is 77.5 Å². The van der Waals surface area contributed by atoms with Crippen molar-refractivity contribution >= 4 is 12.0 Å². The zero-order chi connectivity index (χ0) is 15.4. The second-order valence-electron chi connectivity index (χ2n) is 5.75. The molecule has 7 heteroatoms. The number of amides is 2. The van der Waals surface area contributed by atoms with Gasteiger partial charge in [-0.2, -0.15) is 0 Å². The first-order valence-corrected chi connectivity index (χ1v) is 7.55. The van der Waals surface area contributed by atoms with E-state index in [1.807, 2.05) is 6.92 Å². The average molecular weight is 300 g/mol. The molecule has 0 saturated carbocycles. The number of likely N-dealkylation sites (N-methyl/N-ethyl adjacent to an activating group) is 1. The first kappa shape index (κ1) is 16.0. The van der Waals surface area contributed by atoms with Crippen molar-refractivity contribution in [3.05, 3.63) is 0 Å². The normalized spacial score (nSPS) is 29.4. The third kappa shape index (κ3) is 3.47. The Morgan fingerprint density at radius 2 is 2.14 bits per heavy atom. The number of hydrogen-bond donors (Lipinski definition) is 2. The van der Waals surface area contributed by atoms with Gasteiger partial charge in [-0.05, 0) is 25.7 Å². The molecule has 2 saturated heterocycles. The number of carboxylic acid groups (broad SMARTS) is 1. The number of hydrogen-bond acceptors (Lipinski definition) is 4. The van der Waals surface area contributed by atoms with Crippen molar-refractivity contribution in [3.63, 3.8) is 0 Å². The molecule has 0 aromatic carbocycles. The van der Waals surface area contributed by atoms with Crippen molar-refractivity contribution in [2.24, 2.45) is 11.8 Å². The second-order valence-corrected chi connectivity index (χ2v) is 5.75. The molecule has 120 valence electrons. The van der Waals surface area contributed by atoms with Crippen LogP contribution in [0, 0.1) is 11.8 Å². The molecule has 0 radical (unpaired) electrons. The zero-order valence-electron chi connectivity index (χ0n) is 12.4. The van der Waals surface area contributed by atoms with E-state index in [9.17, 15) is 19.8 Å². The quantitative estimate of drug-likeness (QED) is 0.776. The number of carbonyl (C=O) groups excluding carboxylic acids is 1. The summed E-state index contributed by atoms with van der Waals surface area (Å²) in [5.74, 6) is -1.46. The minimum Gasteiger partial charge on any atom is -0.481 e. The molecule has 0 aromatic heterocycles. The van der Waals surface area contributed by atoms with Gasteiger partial charge >= 0.3 is 12.0 Å². The van der Waals surface area contributed by atoms with E-state index in [1.54, 1.807) is 9.80 Å². The van der Waals surface area contributed by atoms with Crippen molar-refractivity contribution in [2.75, 3.05) is 39.5 Å². The lowest BCUT2D eigenvalue weighted by Crippen LogP contribution is -2.54. The monoisotopic (exact) mass is 300 g/mol. The molecule has 2 aliphatic rings. The topological polar surface area (TPSA) is 90.3 Å². The third-order valence-electron chi connectivity index (χ3n) is 4.40. The summed E-state index contributed by atoms with van der Waals surface area (Å²) in [5.41, 5.74) is 0. The molecule has 0 aromatic rings. The Balaban J connectivity index is 2.06. The second kappa shape index (κ2) is 7.09. The Bertz CT molecular complexity index is 390. The number of aliphatic hydroxyl groups excluding tert-OH is 1. The lowest BCUT2D eigenvalue weighted by Gasteiger charge is -2.38. The van der Waals surface area contributed by atoms with Crippen LogP contribution in [0.4, 0.5) is 4.79 Å². The first-order valence-electron chi connectivity index (χ1n) is 7.55. The van der Waals surface area contributed by atoms with Crippen molar-refractivity contribution in [3.8, 4) is 0 Å². The SMILES string of the molecule is CCN(C(=O)N1CCCC(CO)C1)C1COCC1C(=O)O. The molecular weight excluding hydrogens is 276 g/mol. The molecule has 21 heavy (non-hydrogen) atoms. The molecule has 0 aliphatic carbocycles. The van der Waals surface area contributed by atoms with Gasteiger partial charge in [0.1, 0.15) is 5.92 Å². The minimum atomic E-state index is -0.921. The van der Waals surface area contributed by atoms with E-state index < -0.39 is 17.9 Å². The highest BCUT2D eigenvalue weighted by molar-refractivity contribution is 5.77. The highest BCUT2D eigenvalue weighted by Crippen LogP contribution is 2.23. The summed E-state index contributed by atoms with van der Waals surface area (Å²) in [4.78, 5) is 27.3. The van der Waals surface area contributed by atoms with Crippen molar-refractivity contribution < 1.29 is 24.5 Å². The fourth-order valence-corrected chi connectivity index (χ4v) is 3.17. The van der Waals surface area contributed by atoms with Crippen molar-refractivity contribution in [1.82, 2.24) is 9.80 Å². The standard InChI is InChI=1S/C14H24N2O5/c1-2-16(12-9-21-8-11(12)13(18)19)14(20)15-5-3-4-10(6-15)7-17/h10-12,17H,2-9H2,1H3,(H,18,19). The molecule has 2 rings (SSSR count). The van der Waals surface area contributed by atoms with E-state index in [-0.39, 0.29) is 31.8 Å². The van der Waals surface area contributed by atoms with Gasteiger partial charge in [0.15, 0.2) is 0 Å². The molecular formula is C14H24N2O5.